The van der Waals surface area contributed by atoms with Crippen molar-refractivity contribution in [3.8, 4) is 5.75 Å². The standard InChI is InChI=1S/C15H12Br2F3NO3/c16-11-4-1-5-12(17)14(11)24-8-13(22)21(9-15(18,19)20)7-10-3-2-6-23-10/h1-6H,7-9H2. The first kappa shape index (κ1) is 18.9. The number of hydrogen-bond donors (Lipinski definition) is 0. The average Bonchev–Trinajstić information content (AvgIpc) is 2.97. The van der Waals surface area contributed by atoms with Crippen molar-refractivity contribution in [2.75, 3.05) is 13.2 Å². The highest BCUT2D eigenvalue weighted by atomic mass is 79.9. The van der Waals surface area contributed by atoms with Gasteiger partial charge in [0.1, 0.15) is 18.1 Å². The number of amides is 1. The van der Waals surface area contributed by atoms with E-state index in [1.165, 1.54) is 12.3 Å². The Kier molecular flexibility index (Phi) is 6.34. The van der Waals surface area contributed by atoms with Crippen LogP contribution in [-0.2, 0) is 11.3 Å². The van der Waals surface area contributed by atoms with Crippen LogP contribution in [0.15, 0.2) is 50.0 Å². The van der Waals surface area contributed by atoms with E-state index in [1.807, 2.05) is 0 Å². The minimum atomic E-state index is -4.52. The van der Waals surface area contributed by atoms with Crippen molar-refractivity contribution < 1.29 is 27.1 Å². The van der Waals surface area contributed by atoms with Gasteiger partial charge in [-0.1, -0.05) is 6.07 Å². The molecule has 0 fully saturated rings. The molecule has 0 saturated carbocycles. The minimum Gasteiger partial charge on any atom is -0.481 e. The van der Waals surface area contributed by atoms with Crippen LogP contribution in [0.3, 0.4) is 0 Å². The van der Waals surface area contributed by atoms with Gasteiger partial charge in [-0.15, -0.1) is 0 Å². The summed E-state index contributed by atoms with van der Waals surface area (Å²) in [6.45, 7) is -2.20. The Bertz CT molecular complexity index is 670. The van der Waals surface area contributed by atoms with Gasteiger partial charge in [0.25, 0.3) is 5.91 Å². The highest BCUT2D eigenvalue weighted by molar-refractivity contribution is 9.11. The van der Waals surface area contributed by atoms with Crippen LogP contribution in [0.1, 0.15) is 5.76 Å². The highest BCUT2D eigenvalue weighted by Crippen LogP contribution is 2.33. The normalized spacial score (nSPS) is 11.4. The summed E-state index contributed by atoms with van der Waals surface area (Å²) < 4.78 is 49.7. The molecule has 0 saturated heterocycles. The zero-order valence-corrected chi connectivity index (χ0v) is 15.3. The van der Waals surface area contributed by atoms with Crippen LogP contribution < -0.4 is 4.74 Å². The van der Waals surface area contributed by atoms with Crippen LogP contribution in [0.25, 0.3) is 0 Å². The van der Waals surface area contributed by atoms with Gasteiger partial charge in [0.15, 0.2) is 6.61 Å². The molecule has 1 amide bonds. The summed E-state index contributed by atoms with van der Waals surface area (Å²) in [6, 6.07) is 8.18. The molecule has 1 heterocycles. The lowest BCUT2D eigenvalue weighted by molar-refractivity contribution is -0.164. The molecule has 0 radical (unpaired) electrons. The Morgan fingerprint density at radius 2 is 1.83 bits per heavy atom. The van der Waals surface area contributed by atoms with Crippen molar-refractivity contribution in [2.24, 2.45) is 0 Å². The lowest BCUT2D eigenvalue weighted by atomic mass is 10.3. The molecule has 0 unspecified atom stereocenters. The van der Waals surface area contributed by atoms with Crippen LogP contribution in [-0.4, -0.2) is 30.1 Å². The molecular formula is C15H12Br2F3NO3. The fraction of sp³-hybridized carbons (Fsp3) is 0.267. The third-order valence-electron chi connectivity index (χ3n) is 2.91. The Labute approximate surface area is 152 Å². The monoisotopic (exact) mass is 469 g/mol. The van der Waals surface area contributed by atoms with E-state index in [4.69, 9.17) is 9.15 Å². The average molecular weight is 471 g/mol. The van der Waals surface area contributed by atoms with Gasteiger partial charge in [-0.2, -0.15) is 13.2 Å². The number of furan rings is 1. The first-order chi connectivity index (χ1) is 11.3. The Morgan fingerprint density at radius 1 is 1.17 bits per heavy atom. The summed E-state index contributed by atoms with van der Waals surface area (Å²) in [5.41, 5.74) is 0. The first-order valence-corrected chi connectivity index (χ1v) is 8.28. The number of rotatable bonds is 6. The summed E-state index contributed by atoms with van der Waals surface area (Å²) >= 11 is 6.51. The van der Waals surface area contributed by atoms with Gasteiger partial charge in [-0.3, -0.25) is 4.79 Å². The number of nitrogens with zero attached hydrogens (tertiary/aromatic N) is 1. The third-order valence-corrected chi connectivity index (χ3v) is 4.16. The second-order valence-corrected chi connectivity index (χ2v) is 6.49. The number of carbonyl (C=O) groups is 1. The molecule has 130 valence electrons. The van der Waals surface area contributed by atoms with Crippen molar-refractivity contribution in [1.29, 1.82) is 0 Å². The number of halogens is 5. The first-order valence-electron chi connectivity index (χ1n) is 6.70. The van der Waals surface area contributed by atoms with E-state index in [0.717, 1.165) is 0 Å². The summed E-state index contributed by atoms with van der Waals surface area (Å²) in [5.74, 6) is -0.197. The molecule has 0 aliphatic carbocycles. The van der Waals surface area contributed by atoms with Crippen LogP contribution in [0.4, 0.5) is 13.2 Å². The van der Waals surface area contributed by atoms with Gasteiger partial charge in [-0.05, 0) is 56.1 Å². The fourth-order valence-corrected chi connectivity index (χ4v) is 3.11. The lowest BCUT2D eigenvalue weighted by Gasteiger charge is -2.23. The van der Waals surface area contributed by atoms with E-state index < -0.39 is 25.2 Å². The Morgan fingerprint density at radius 3 is 2.38 bits per heavy atom. The van der Waals surface area contributed by atoms with E-state index in [2.05, 4.69) is 31.9 Å². The van der Waals surface area contributed by atoms with Crippen LogP contribution in [0.5, 0.6) is 5.75 Å². The molecule has 0 atom stereocenters. The van der Waals surface area contributed by atoms with E-state index in [-0.39, 0.29) is 12.3 Å². The van der Waals surface area contributed by atoms with Crippen molar-refractivity contribution in [3.05, 3.63) is 51.3 Å². The van der Waals surface area contributed by atoms with Crippen molar-refractivity contribution in [3.63, 3.8) is 0 Å². The maximum atomic E-state index is 12.7. The fourth-order valence-electron chi connectivity index (χ4n) is 1.88. The van der Waals surface area contributed by atoms with E-state index in [0.29, 0.717) is 19.6 Å². The quantitative estimate of drug-likeness (QED) is 0.610. The van der Waals surface area contributed by atoms with E-state index in [1.54, 1.807) is 24.3 Å². The maximum Gasteiger partial charge on any atom is 0.406 e. The SMILES string of the molecule is O=C(COc1c(Br)cccc1Br)N(Cc1ccco1)CC(F)(F)F. The molecule has 0 aliphatic rings. The largest absolute Gasteiger partial charge is 0.481 e. The smallest absolute Gasteiger partial charge is 0.406 e. The van der Waals surface area contributed by atoms with Crippen LogP contribution in [0.2, 0.25) is 0 Å². The predicted octanol–water partition coefficient (Wildman–Crippen LogP) is 4.77. The zero-order chi connectivity index (χ0) is 17.7. The number of ether oxygens (including phenoxy) is 1. The number of benzene rings is 1. The molecule has 2 aromatic rings. The van der Waals surface area contributed by atoms with E-state index in [9.17, 15) is 18.0 Å². The van der Waals surface area contributed by atoms with Gasteiger partial charge in [0, 0.05) is 0 Å². The molecule has 4 nitrogen and oxygen atoms in total. The van der Waals surface area contributed by atoms with Crippen LogP contribution in [0, 0.1) is 0 Å². The van der Waals surface area contributed by atoms with Gasteiger partial charge < -0.3 is 14.1 Å². The van der Waals surface area contributed by atoms with Gasteiger partial charge in [0.05, 0.1) is 21.8 Å². The minimum absolute atomic E-state index is 0.259. The topological polar surface area (TPSA) is 42.7 Å². The summed E-state index contributed by atoms with van der Waals surface area (Å²) in [7, 11) is 0. The molecule has 1 aromatic carbocycles. The van der Waals surface area contributed by atoms with Crippen molar-refractivity contribution in [2.45, 2.75) is 12.7 Å². The summed E-state index contributed by atoms with van der Waals surface area (Å²) in [4.78, 5) is 12.8. The maximum absolute atomic E-state index is 12.7. The van der Waals surface area contributed by atoms with Gasteiger partial charge >= 0.3 is 6.18 Å². The highest BCUT2D eigenvalue weighted by Gasteiger charge is 2.33. The second kappa shape index (κ2) is 8.06. The van der Waals surface area contributed by atoms with Crippen molar-refractivity contribution >= 4 is 37.8 Å². The number of para-hydroxylation sites is 1. The molecular weight excluding hydrogens is 459 g/mol. The zero-order valence-electron chi connectivity index (χ0n) is 12.1. The molecule has 0 bridgehead atoms. The van der Waals surface area contributed by atoms with E-state index >= 15 is 0 Å². The second-order valence-electron chi connectivity index (χ2n) is 4.78. The molecule has 24 heavy (non-hydrogen) atoms. The van der Waals surface area contributed by atoms with Crippen LogP contribution >= 0.6 is 31.9 Å². The summed E-state index contributed by atoms with van der Waals surface area (Å²) in [6.07, 6.45) is -3.18. The Balaban J connectivity index is 2.06. The summed E-state index contributed by atoms with van der Waals surface area (Å²) in [5, 5.41) is 0. The number of hydrogen-bond acceptors (Lipinski definition) is 3. The van der Waals surface area contributed by atoms with Crippen molar-refractivity contribution in [1.82, 2.24) is 4.90 Å². The van der Waals surface area contributed by atoms with Gasteiger partial charge in [-0.25, -0.2) is 0 Å². The molecule has 9 heteroatoms. The van der Waals surface area contributed by atoms with Gasteiger partial charge in [0.2, 0.25) is 0 Å². The molecule has 0 aliphatic heterocycles. The molecule has 1 aromatic heterocycles. The molecule has 0 N–H and O–H groups in total. The number of alkyl halides is 3. The molecule has 0 spiro atoms. The Hall–Kier alpha value is -1.48. The predicted molar refractivity (Wildman–Crippen MR) is 87.5 cm³/mol. The number of carbonyl (C=O) groups excluding carboxylic acids is 1. The third kappa shape index (κ3) is 5.55. The molecule has 2 rings (SSSR count). The lowest BCUT2D eigenvalue weighted by Crippen LogP contribution is -2.40.